The molecule has 8 heteroatoms. The maximum absolute atomic E-state index is 6.11. The van der Waals surface area contributed by atoms with Crippen molar-refractivity contribution in [2.45, 2.75) is 10.5 Å². The topological polar surface area (TPSA) is 61.2 Å². The average Bonchev–Trinajstić information content (AvgIpc) is 3.22. The minimum absolute atomic E-state index is 0.0418. The lowest BCUT2D eigenvalue weighted by Crippen LogP contribution is -2.16. The molecule has 1 N–H and O–H groups in total. The quantitative estimate of drug-likeness (QED) is 0.739. The molecule has 6 nitrogen and oxygen atoms in total. The van der Waals surface area contributed by atoms with E-state index in [1.54, 1.807) is 11.8 Å². The van der Waals surface area contributed by atoms with E-state index in [4.69, 9.17) is 21.1 Å². The van der Waals surface area contributed by atoms with Crippen molar-refractivity contribution in [2.75, 3.05) is 18.6 Å². The Balaban J connectivity index is 1.48. The molecule has 1 atom stereocenters. The van der Waals surface area contributed by atoms with Gasteiger partial charge in [0.15, 0.2) is 17.3 Å². The van der Waals surface area contributed by atoms with Gasteiger partial charge in [-0.2, -0.15) is 0 Å². The van der Waals surface area contributed by atoms with Crippen LogP contribution in [0.5, 0.6) is 11.5 Å². The van der Waals surface area contributed by atoms with Crippen LogP contribution >= 0.6 is 23.4 Å². The summed E-state index contributed by atoms with van der Waals surface area (Å²) in [7, 11) is 0. The predicted molar refractivity (Wildman–Crippen MR) is 95.9 cm³/mol. The van der Waals surface area contributed by atoms with Crippen molar-refractivity contribution in [3.05, 3.63) is 53.1 Å². The smallest absolute Gasteiger partial charge is 0.212 e. The number of hydrogen-bond acceptors (Lipinski definition) is 6. The van der Waals surface area contributed by atoms with Crippen LogP contribution in [0, 0.1) is 0 Å². The van der Waals surface area contributed by atoms with Gasteiger partial charge in [0.05, 0.1) is 0 Å². The number of fused-ring (bicyclic) bond motifs is 2. The minimum Gasteiger partial charge on any atom is -0.486 e. The van der Waals surface area contributed by atoms with Crippen LogP contribution < -0.4 is 14.9 Å². The molecule has 0 saturated heterocycles. The second kappa shape index (κ2) is 5.86. The molecule has 0 radical (unpaired) electrons. The molecule has 2 aliphatic heterocycles. The Morgan fingerprint density at radius 2 is 1.96 bits per heavy atom. The van der Waals surface area contributed by atoms with E-state index in [1.165, 1.54) is 0 Å². The molecule has 0 saturated carbocycles. The lowest BCUT2D eigenvalue weighted by atomic mass is 10.2. The van der Waals surface area contributed by atoms with Crippen molar-refractivity contribution >= 4 is 23.4 Å². The number of nitrogens with zero attached hydrogens (tertiary/aromatic N) is 3. The van der Waals surface area contributed by atoms with E-state index in [-0.39, 0.29) is 5.37 Å². The fourth-order valence-corrected chi connectivity index (χ4v) is 4.08. The molecule has 0 amide bonds. The van der Waals surface area contributed by atoms with E-state index in [2.05, 4.69) is 15.6 Å². The Hall–Kier alpha value is -2.38. The molecule has 3 heterocycles. The first kappa shape index (κ1) is 14.9. The number of hydrogen-bond donors (Lipinski definition) is 1. The van der Waals surface area contributed by atoms with E-state index in [1.807, 2.05) is 47.1 Å². The summed E-state index contributed by atoms with van der Waals surface area (Å²) < 4.78 is 13.1. The molecule has 2 aliphatic rings. The summed E-state index contributed by atoms with van der Waals surface area (Å²) in [4.78, 5) is 0. The zero-order valence-corrected chi connectivity index (χ0v) is 14.5. The van der Waals surface area contributed by atoms with Gasteiger partial charge in [0.25, 0.3) is 0 Å². The number of aromatic nitrogens is 3. The Morgan fingerprint density at radius 1 is 1.08 bits per heavy atom. The van der Waals surface area contributed by atoms with E-state index in [0.717, 1.165) is 38.6 Å². The van der Waals surface area contributed by atoms with Gasteiger partial charge in [0, 0.05) is 10.6 Å². The summed E-state index contributed by atoms with van der Waals surface area (Å²) in [5, 5.41) is 10.2. The highest BCUT2D eigenvalue weighted by Gasteiger charge is 2.28. The number of ether oxygens (including phenoxy) is 2. The summed E-state index contributed by atoms with van der Waals surface area (Å²) in [5.41, 5.74) is 5.44. The van der Waals surface area contributed by atoms with Crippen LogP contribution in [0.4, 0.5) is 0 Å². The van der Waals surface area contributed by atoms with Crippen LogP contribution in [-0.2, 0) is 0 Å². The standard InChI is InChI=1S/C17H13ClN4O2S/c18-12-3-1-2-11(8-12)16-21-22-15(19-20-17(22)25-16)10-4-5-13-14(9-10)24-7-6-23-13/h1-5,8-9,16,21H,6-7H2. The number of nitrogens with one attached hydrogen (secondary N) is 1. The average molecular weight is 373 g/mol. The molecule has 3 aromatic rings. The van der Waals surface area contributed by atoms with Gasteiger partial charge >= 0.3 is 0 Å². The molecule has 0 aliphatic carbocycles. The third kappa shape index (κ3) is 2.60. The van der Waals surface area contributed by atoms with E-state index in [0.29, 0.717) is 13.2 Å². The number of halogens is 1. The van der Waals surface area contributed by atoms with Crippen LogP contribution in [0.1, 0.15) is 10.9 Å². The van der Waals surface area contributed by atoms with Gasteiger partial charge in [-0.3, -0.25) is 0 Å². The number of thioether (sulfide) groups is 1. The van der Waals surface area contributed by atoms with Crippen LogP contribution in [0.15, 0.2) is 47.6 Å². The lowest BCUT2D eigenvalue weighted by Gasteiger charge is -2.19. The van der Waals surface area contributed by atoms with Gasteiger partial charge in [-0.05, 0) is 35.9 Å². The summed E-state index contributed by atoms with van der Waals surface area (Å²) in [6.45, 7) is 1.13. The first-order valence-corrected chi connectivity index (χ1v) is 9.08. The molecule has 25 heavy (non-hydrogen) atoms. The van der Waals surface area contributed by atoms with Crippen molar-refractivity contribution in [1.82, 2.24) is 14.9 Å². The first-order valence-electron chi connectivity index (χ1n) is 7.82. The molecule has 0 bridgehead atoms. The van der Waals surface area contributed by atoms with Gasteiger partial charge in [-0.25, -0.2) is 4.68 Å². The second-order valence-corrected chi connectivity index (χ2v) is 7.19. The zero-order valence-electron chi connectivity index (χ0n) is 13.0. The van der Waals surface area contributed by atoms with E-state index >= 15 is 0 Å². The molecule has 126 valence electrons. The zero-order chi connectivity index (χ0) is 16.8. The molecule has 1 unspecified atom stereocenters. The maximum atomic E-state index is 6.11. The number of benzene rings is 2. The molecule has 0 spiro atoms. The highest BCUT2D eigenvalue weighted by Crippen LogP contribution is 2.41. The molecule has 2 aromatic carbocycles. The molecule has 5 rings (SSSR count). The Morgan fingerprint density at radius 3 is 2.84 bits per heavy atom. The minimum atomic E-state index is 0.0418. The maximum Gasteiger partial charge on any atom is 0.212 e. The Kier molecular flexibility index (Phi) is 3.50. The fourth-order valence-electron chi connectivity index (χ4n) is 2.89. The van der Waals surface area contributed by atoms with Crippen molar-refractivity contribution in [1.29, 1.82) is 0 Å². The summed E-state index contributed by atoms with van der Waals surface area (Å²) in [6.07, 6.45) is 0. The lowest BCUT2D eigenvalue weighted by molar-refractivity contribution is 0.171. The van der Waals surface area contributed by atoms with Crippen LogP contribution in [0.25, 0.3) is 11.4 Å². The summed E-state index contributed by atoms with van der Waals surface area (Å²) >= 11 is 7.71. The van der Waals surface area contributed by atoms with Gasteiger partial charge in [-0.1, -0.05) is 35.5 Å². The van der Waals surface area contributed by atoms with Crippen LogP contribution in [0.3, 0.4) is 0 Å². The normalized spacial score (nSPS) is 17.9. The third-order valence-corrected chi connectivity index (χ3v) is 5.38. The second-order valence-electron chi connectivity index (χ2n) is 5.68. The molecule has 1 aromatic heterocycles. The van der Waals surface area contributed by atoms with Gasteiger partial charge in [0.2, 0.25) is 5.16 Å². The summed E-state index contributed by atoms with van der Waals surface area (Å²) in [6, 6.07) is 13.6. The van der Waals surface area contributed by atoms with Crippen LogP contribution in [0.2, 0.25) is 5.02 Å². The Bertz CT molecular complexity index is 962. The predicted octanol–water partition coefficient (Wildman–Crippen LogP) is 3.72. The monoisotopic (exact) mass is 372 g/mol. The van der Waals surface area contributed by atoms with Crippen molar-refractivity contribution in [2.24, 2.45) is 0 Å². The molecular weight excluding hydrogens is 360 g/mol. The first-order chi connectivity index (χ1) is 12.3. The van der Waals surface area contributed by atoms with E-state index in [9.17, 15) is 0 Å². The summed E-state index contributed by atoms with van der Waals surface area (Å²) in [5.74, 6) is 2.23. The van der Waals surface area contributed by atoms with Gasteiger partial charge in [0.1, 0.15) is 18.6 Å². The van der Waals surface area contributed by atoms with Crippen molar-refractivity contribution in [3.8, 4) is 22.9 Å². The van der Waals surface area contributed by atoms with Gasteiger partial charge < -0.3 is 14.9 Å². The Labute approximate surface area is 153 Å². The van der Waals surface area contributed by atoms with Crippen LogP contribution in [-0.4, -0.2) is 28.1 Å². The highest BCUT2D eigenvalue weighted by molar-refractivity contribution is 7.99. The van der Waals surface area contributed by atoms with Crippen molar-refractivity contribution < 1.29 is 9.47 Å². The fraction of sp³-hybridized carbons (Fsp3) is 0.176. The van der Waals surface area contributed by atoms with Gasteiger partial charge in [-0.15, -0.1) is 10.2 Å². The third-order valence-electron chi connectivity index (χ3n) is 4.05. The molecular formula is C17H13ClN4O2S. The van der Waals surface area contributed by atoms with E-state index < -0.39 is 0 Å². The SMILES string of the molecule is Clc1cccc(C2Nn3c(nnc3-c3ccc4c(c3)OCCO4)S2)c1. The number of rotatable bonds is 2. The van der Waals surface area contributed by atoms with Crippen molar-refractivity contribution in [3.63, 3.8) is 0 Å². The highest BCUT2D eigenvalue weighted by atomic mass is 35.5. The largest absolute Gasteiger partial charge is 0.486 e. The molecule has 0 fully saturated rings.